The van der Waals surface area contributed by atoms with Crippen LogP contribution < -0.4 is 11.1 Å². The number of nitrogens with one attached hydrogen (secondary N) is 1. The number of amides is 1. The Hall–Kier alpha value is -1.35. The molecule has 1 aromatic rings. The SMILES string of the molecule is NCCCCCCC(=O)NCC1CCc2ccccc21. The van der Waals surface area contributed by atoms with E-state index < -0.39 is 0 Å². The molecule has 0 heterocycles. The van der Waals surface area contributed by atoms with Crippen LogP contribution in [0.15, 0.2) is 24.3 Å². The monoisotopic (exact) mass is 274 g/mol. The van der Waals surface area contributed by atoms with Gasteiger partial charge in [-0.1, -0.05) is 37.1 Å². The maximum atomic E-state index is 11.8. The van der Waals surface area contributed by atoms with Gasteiger partial charge in [-0.15, -0.1) is 0 Å². The molecule has 1 aliphatic carbocycles. The molecule has 3 N–H and O–H groups in total. The number of nitrogens with two attached hydrogens (primary N) is 1. The van der Waals surface area contributed by atoms with Gasteiger partial charge in [-0.3, -0.25) is 4.79 Å². The summed E-state index contributed by atoms with van der Waals surface area (Å²) in [7, 11) is 0. The van der Waals surface area contributed by atoms with Gasteiger partial charge in [-0.25, -0.2) is 0 Å². The van der Waals surface area contributed by atoms with Crippen molar-refractivity contribution in [3.63, 3.8) is 0 Å². The second kappa shape index (κ2) is 8.05. The first-order valence-corrected chi connectivity index (χ1v) is 7.86. The molecule has 0 saturated heterocycles. The molecule has 110 valence electrons. The van der Waals surface area contributed by atoms with E-state index >= 15 is 0 Å². The van der Waals surface area contributed by atoms with Crippen LogP contribution in [-0.2, 0) is 11.2 Å². The van der Waals surface area contributed by atoms with E-state index in [4.69, 9.17) is 5.73 Å². The molecule has 3 heteroatoms. The summed E-state index contributed by atoms with van der Waals surface area (Å²) >= 11 is 0. The fourth-order valence-corrected chi connectivity index (χ4v) is 2.97. The van der Waals surface area contributed by atoms with Gasteiger partial charge in [0.1, 0.15) is 0 Å². The van der Waals surface area contributed by atoms with E-state index in [1.54, 1.807) is 0 Å². The summed E-state index contributed by atoms with van der Waals surface area (Å²) in [5.41, 5.74) is 8.33. The normalized spacial score (nSPS) is 16.9. The summed E-state index contributed by atoms with van der Waals surface area (Å²) in [6, 6.07) is 8.60. The maximum Gasteiger partial charge on any atom is 0.220 e. The van der Waals surface area contributed by atoms with Gasteiger partial charge in [0.2, 0.25) is 5.91 Å². The Balaban J connectivity index is 1.65. The van der Waals surface area contributed by atoms with Gasteiger partial charge in [-0.05, 0) is 43.4 Å². The summed E-state index contributed by atoms with van der Waals surface area (Å²) in [5, 5.41) is 3.09. The second-order valence-corrected chi connectivity index (χ2v) is 5.69. The van der Waals surface area contributed by atoms with Crippen molar-refractivity contribution in [1.29, 1.82) is 0 Å². The number of fused-ring (bicyclic) bond motifs is 1. The van der Waals surface area contributed by atoms with Crippen LogP contribution in [0.1, 0.15) is 55.6 Å². The lowest BCUT2D eigenvalue weighted by Crippen LogP contribution is -2.27. The lowest BCUT2D eigenvalue weighted by atomic mass is 10.0. The van der Waals surface area contributed by atoms with Crippen LogP contribution >= 0.6 is 0 Å². The first-order valence-electron chi connectivity index (χ1n) is 7.86. The first kappa shape index (κ1) is 15.0. The highest BCUT2D eigenvalue weighted by molar-refractivity contribution is 5.75. The number of carbonyl (C=O) groups is 1. The minimum absolute atomic E-state index is 0.196. The molecule has 0 bridgehead atoms. The van der Waals surface area contributed by atoms with Crippen LogP contribution in [0.2, 0.25) is 0 Å². The molecule has 1 amide bonds. The standard InChI is InChI=1S/C17H26N2O/c18-12-6-2-1-3-9-17(20)19-13-15-11-10-14-7-4-5-8-16(14)15/h4-5,7-8,15H,1-3,6,9-13,18H2,(H,19,20). The Morgan fingerprint density at radius 1 is 1.20 bits per heavy atom. The molecule has 2 rings (SSSR count). The smallest absolute Gasteiger partial charge is 0.220 e. The average molecular weight is 274 g/mol. The molecule has 0 saturated carbocycles. The Labute approximate surface area is 121 Å². The van der Waals surface area contributed by atoms with E-state index in [0.717, 1.165) is 51.6 Å². The quantitative estimate of drug-likeness (QED) is 0.716. The van der Waals surface area contributed by atoms with Crippen LogP contribution in [0.25, 0.3) is 0 Å². The fourth-order valence-electron chi connectivity index (χ4n) is 2.97. The van der Waals surface area contributed by atoms with E-state index in [1.165, 1.54) is 11.1 Å². The van der Waals surface area contributed by atoms with Crippen molar-refractivity contribution in [2.45, 2.75) is 50.9 Å². The van der Waals surface area contributed by atoms with Gasteiger partial charge in [0.05, 0.1) is 0 Å². The molecule has 1 aromatic carbocycles. The van der Waals surface area contributed by atoms with Crippen LogP contribution in [-0.4, -0.2) is 19.0 Å². The Morgan fingerprint density at radius 3 is 2.85 bits per heavy atom. The third-order valence-corrected chi connectivity index (χ3v) is 4.16. The zero-order chi connectivity index (χ0) is 14.2. The van der Waals surface area contributed by atoms with Crippen molar-refractivity contribution >= 4 is 5.91 Å². The van der Waals surface area contributed by atoms with Crippen molar-refractivity contribution in [3.05, 3.63) is 35.4 Å². The number of hydrogen-bond donors (Lipinski definition) is 2. The van der Waals surface area contributed by atoms with Crippen LogP contribution in [0.3, 0.4) is 0 Å². The molecule has 0 aliphatic heterocycles. The minimum atomic E-state index is 0.196. The molecule has 0 aromatic heterocycles. The summed E-state index contributed by atoms with van der Waals surface area (Å²) in [5.74, 6) is 0.703. The van der Waals surface area contributed by atoms with Crippen molar-refractivity contribution in [1.82, 2.24) is 5.32 Å². The molecule has 1 unspecified atom stereocenters. The van der Waals surface area contributed by atoms with Crippen molar-refractivity contribution < 1.29 is 4.79 Å². The number of aryl methyl sites for hydroxylation is 1. The molecular formula is C17H26N2O. The fraction of sp³-hybridized carbons (Fsp3) is 0.588. The van der Waals surface area contributed by atoms with Gasteiger partial charge in [0.15, 0.2) is 0 Å². The largest absolute Gasteiger partial charge is 0.355 e. The topological polar surface area (TPSA) is 55.1 Å². The summed E-state index contributed by atoms with van der Waals surface area (Å²) in [6.45, 7) is 1.55. The molecule has 0 spiro atoms. The molecular weight excluding hydrogens is 248 g/mol. The molecule has 3 nitrogen and oxygen atoms in total. The van der Waals surface area contributed by atoms with Crippen LogP contribution in [0.5, 0.6) is 0 Å². The lowest BCUT2D eigenvalue weighted by molar-refractivity contribution is -0.121. The Kier molecular flexibility index (Phi) is 6.06. The minimum Gasteiger partial charge on any atom is -0.355 e. The summed E-state index contributed by atoms with van der Waals surface area (Å²) < 4.78 is 0. The number of benzene rings is 1. The second-order valence-electron chi connectivity index (χ2n) is 5.69. The predicted molar refractivity (Wildman–Crippen MR) is 82.7 cm³/mol. The Morgan fingerprint density at radius 2 is 2.00 bits per heavy atom. The van der Waals surface area contributed by atoms with Crippen LogP contribution in [0.4, 0.5) is 0 Å². The van der Waals surface area contributed by atoms with Crippen LogP contribution in [0, 0.1) is 0 Å². The highest BCUT2D eigenvalue weighted by Crippen LogP contribution is 2.32. The van der Waals surface area contributed by atoms with E-state index in [0.29, 0.717) is 12.3 Å². The average Bonchev–Trinajstić information content (AvgIpc) is 2.88. The van der Waals surface area contributed by atoms with E-state index in [2.05, 4.69) is 29.6 Å². The molecule has 1 aliphatic rings. The summed E-state index contributed by atoms with van der Waals surface area (Å²) in [6.07, 6.45) is 7.26. The zero-order valence-electron chi connectivity index (χ0n) is 12.2. The van der Waals surface area contributed by atoms with E-state index in [-0.39, 0.29) is 5.91 Å². The van der Waals surface area contributed by atoms with Crippen molar-refractivity contribution in [3.8, 4) is 0 Å². The third-order valence-electron chi connectivity index (χ3n) is 4.16. The molecule has 0 radical (unpaired) electrons. The maximum absolute atomic E-state index is 11.8. The van der Waals surface area contributed by atoms with E-state index in [1.807, 2.05) is 0 Å². The van der Waals surface area contributed by atoms with Gasteiger partial charge in [-0.2, -0.15) is 0 Å². The van der Waals surface area contributed by atoms with Crippen molar-refractivity contribution in [2.75, 3.05) is 13.1 Å². The zero-order valence-corrected chi connectivity index (χ0v) is 12.2. The predicted octanol–water partition coefficient (Wildman–Crippen LogP) is 2.74. The third kappa shape index (κ3) is 4.34. The highest BCUT2D eigenvalue weighted by Gasteiger charge is 2.21. The number of hydrogen-bond acceptors (Lipinski definition) is 2. The molecule has 1 atom stereocenters. The highest BCUT2D eigenvalue weighted by atomic mass is 16.1. The molecule has 20 heavy (non-hydrogen) atoms. The number of carbonyl (C=O) groups excluding carboxylic acids is 1. The number of rotatable bonds is 8. The molecule has 0 fully saturated rings. The summed E-state index contributed by atoms with van der Waals surface area (Å²) in [4.78, 5) is 11.8. The lowest BCUT2D eigenvalue weighted by Gasteiger charge is -2.12. The van der Waals surface area contributed by atoms with Crippen molar-refractivity contribution in [2.24, 2.45) is 5.73 Å². The first-order chi connectivity index (χ1) is 9.81. The van der Waals surface area contributed by atoms with Gasteiger partial charge in [0.25, 0.3) is 0 Å². The number of unbranched alkanes of at least 4 members (excludes halogenated alkanes) is 3. The van der Waals surface area contributed by atoms with Gasteiger partial charge in [0, 0.05) is 18.9 Å². The van der Waals surface area contributed by atoms with Gasteiger partial charge < -0.3 is 11.1 Å². The Bertz CT molecular complexity index is 431. The van der Waals surface area contributed by atoms with E-state index in [9.17, 15) is 4.79 Å². The van der Waals surface area contributed by atoms with Gasteiger partial charge >= 0.3 is 0 Å².